The number of rotatable bonds is 6. The van der Waals surface area contributed by atoms with Gasteiger partial charge in [-0.1, -0.05) is 35.8 Å². The number of amides is 1. The van der Waals surface area contributed by atoms with Crippen molar-refractivity contribution < 1.29 is 9.32 Å². The number of aromatic nitrogens is 3. The minimum atomic E-state index is -0.0997. The van der Waals surface area contributed by atoms with Crippen molar-refractivity contribution in [3.8, 4) is 11.4 Å². The second kappa shape index (κ2) is 9.26. The largest absolute Gasteiger partial charge is 0.355 e. The zero-order chi connectivity index (χ0) is 20.9. The van der Waals surface area contributed by atoms with Gasteiger partial charge in [-0.2, -0.15) is 4.98 Å². The number of carbonyl (C=O) groups is 1. The van der Waals surface area contributed by atoms with Gasteiger partial charge in [0, 0.05) is 37.3 Å². The molecule has 4 rings (SSSR count). The van der Waals surface area contributed by atoms with Crippen molar-refractivity contribution in [3.63, 3.8) is 0 Å². The number of carbonyl (C=O) groups excluding carboxylic acids is 1. The SMILES string of the molecule is CCc1nc(-c2cccnc2N2CCC[C@@H](C(=O)NCc3ccc(Cl)cc3)C2)no1. The first kappa shape index (κ1) is 20.3. The summed E-state index contributed by atoms with van der Waals surface area (Å²) in [4.78, 5) is 23.9. The van der Waals surface area contributed by atoms with Crippen molar-refractivity contribution in [2.24, 2.45) is 5.92 Å². The van der Waals surface area contributed by atoms with E-state index < -0.39 is 0 Å². The van der Waals surface area contributed by atoms with E-state index in [0.29, 0.717) is 36.2 Å². The molecule has 0 spiro atoms. The predicted molar refractivity (Wildman–Crippen MR) is 115 cm³/mol. The van der Waals surface area contributed by atoms with Crippen LogP contribution in [0.1, 0.15) is 31.2 Å². The minimum Gasteiger partial charge on any atom is -0.355 e. The van der Waals surface area contributed by atoms with Gasteiger partial charge in [0.25, 0.3) is 0 Å². The second-order valence-electron chi connectivity index (χ2n) is 7.37. The lowest BCUT2D eigenvalue weighted by molar-refractivity contribution is -0.125. The first-order valence-corrected chi connectivity index (χ1v) is 10.6. The molecular weight excluding hydrogens is 402 g/mol. The molecular formula is C22H24ClN5O2. The van der Waals surface area contributed by atoms with Crippen LogP contribution < -0.4 is 10.2 Å². The molecule has 1 aromatic carbocycles. The average molecular weight is 426 g/mol. The van der Waals surface area contributed by atoms with Crippen molar-refractivity contribution >= 4 is 23.3 Å². The van der Waals surface area contributed by atoms with E-state index in [0.717, 1.165) is 36.3 Å². The van der Waals surface area contributed by atoms with E-state index in [-0.39, 0.29) is 11.8 Å². The van der Waals surface area contributed by atoms with Crippen LogP contribution >= 0.6 is 11.6 Å². The van der Waals surface area contributed by atoms with E-state index in [1.165, 1.54) is 0 Å². The fourth-order valence-electron chi connectivity index (χ4n) is 3.65. The van der Waals surface area contributed by atoms with E-state index >= 15 is 0 Å². The molecule has 1 fully saturated rings. The number of halogens is 1. The number of aryl methyl sites for hydroxylation is 1. The van der Waals surface area contributed by atoms with Crippen molar-refractivity contribution in [3.05, 3.63) is 59.1 Å². The van der Waals surface area contributed by atoms with Crippen LogP contribution in [0, 0.1) is 5.92 Å². The van der Waals surface area contributed by atoms with Gasteiger partial charge < -0.3 is 14.7 Å². The Balaban J connectivity index is 1.45. The third-order valence-electron chi connectivity index (χ3n) is 5.27. The highest BCUT2D eigenvalue weighted by atomic mass is 35.5. The number of nitrogens with one attached hydrogen (secondary N) is 1. The highest BCUT2D eigenvalue weighted by molar-refractivity contribution is 6.30. The lowest BCUT2D eigenvalue weighted by atomic mass is 9.96. The lowest BCUT2D eigenvalue weighted by Gasteiger charge is -2.33. The summed E-state index contributed by atoms with van der Waals surface area (Å²) in [6.45, 7) is 3.90. The molecule has 0 unspecified atom stereocenters. The summed E-state index contributed by atoms with van der Waals surface area (Å²) in [7, 11) is 0. The quantitative estimate of drug-likeness (QED) is 0.645. The number of benzene rings is 1. The van der Waals surface area contributed by atoms with Crippen molar-refractivity contribution in [1.29, 1.82) is 0 Å². The molecule has 3 aromatic rings. The van der Waals surface area contributed by atoms with Gasteiger partial charge in [0.15, 0.2) is 0 Å². The maximum absolute atomic E-state index is 12.8. The van der Waals surface area contributed by atoms with Crippen LogP contribution in [0.4, 0.5) is 5.82 Å². The highest BCUT2D eigenvalue weighted by Crippen LogP contribution is 2.30. The van der Waals surface area contributed by atoms with Gasteiger partial charge in [0.1, 0.15) is 5.82 Å². The normalized spacial score (nSPS) is 16.5. The van der Waals surface area contributed by atoms with Gasteiger partial charge in [0.05, 0.1) is 11.5 Å². The summed E-state index contributed by atoms with van der Waals surface area (Å²) in [5, 5.41) is 7.83. The van der Waals surface area contributed by atoms with E-state index in [2.05, 4.69) is 25.3 Å². The average Bonchev–Trinajstić information content (AvgIpc) is 3.28. The number of anilines is 1. The maximum Gasteiger partial charge on any atom is 0.226 e. The van der Waals surface area contributed by atoms with Crippen LogP contribution in [0.2, 0.25) is 5.02 Å². The van der Waals surface area contributed by atoms with Gasteiger partial charge >= 0.3 is 0 Å². The molecule has 1 aliphatic rings. The molecule has 1 N–H and O–H groups in total. The number of hydrogen-bond donors (Lipinski definition) is 1. The summed E-state index contributed by atoms with van der Waals surface area (Å²) < 4.78 is 5.27. The van der Waals surface area contributed by atoms with Crippen molar-refractivity contribution in [2.75, 3.05) is 18.0 Å². The van der Waals surface area contributed by atoms with Crippen LogP contribution in [0.25, 0.3) is 11.4 Å². The molecule has 156 valence electrons. The van der Waals surface area contributed by atoms with Gasteiger partial charge in [-0.3, -0.25) is 4.79 Å². The lowest BCUT2D eigenvalue weighted by Crippen LogP contribution is -2.43. The molecule has 3 heterocycles. The monoisotopic (exact) mass is 425 g/mol. The fraction of sp³-hybridized carbons (Fsp3) is 0.364. The van der Waals surface area contributed by atoms with E-state index in [4.69, 9.17) is 16.1 Å². The molecule has 0 aliphatic carbocycles. The Labute approximate surface area is 180 Å². The number of piperidine rings is 1. The third-order valence-corrected chi connectivity index (χ3v) is 5.52. The summed E-state index contributed by atoms with van der Waals surface area (Å²) >= 11 is 5.92. The molecule has 1 atom stereocenters. The molecule has 1 amide bonds. The van der Waals surface area contributed by atoms with E-state index in [9.17, 15) is 4.79 Å². The van der Waals surface area contributed by atoms with Crippen molar-refractivity contribution in [1.82, 2.24) is 20.4 Å². The Hall–Kier alpha value is -2.93. The van der Waals surface area contributed by atoms with Crippen LogP contribution in [-0.4, -0.2) is 34.1 Å². The molecule has 8 heteroatoms. The molecule has 1 aliphatic heterocycles. The van der Waals surface area contributed by atoms with E-state index in [1.54, 1.807) is 6.20 Å². The number of hydrogen-bond acceptors (Lipinski definition) is 6. The van der Waals surface area contributed by atoms with Gasteiger partial charge in [-0.15, -0.1) is 0 Å². The second-order valence-corrected chi connectivity index (χ2v) is 7.81. The Morgan fingerprint density at radius 3 is 2.90 bits per heavy atom. The highest BCUT2D eigenvalue weighted by Gasteiger charge is 2.28. The van der Waals surface area contributed by atoms with Crippen LogP contribution in [0.15, 0.2) is 47.1 Å². The van der Waals surface area contributed by atoms with Crippen LogP contribution in [-0.2, 0) is 17.8 Å². The van der Waals surface area contributed by atoms with Crippen molar-refractivity contribution in [2.45, 2.75) is 32.7 Å². The van der Waals surface area contributed by atoms with Crippen LogP contribution in [0.5, 0.6) is 0 Å². The summed E-state index contributed by atoms with van der Waals surface area (Å²) in [5.74, 6) is 1.87. The van der Waals surface area contributed by atoms with Gasteiger partial charge in [-0.05, 0) is 42.7 Å². The van der Waals surface area contributed by atoms with Crippen LogP contribution in [0.3, 0.4) is 0 Å². The third kappa shape index (κ3) is 4.62. The topological polar surface area (TPSA) is 84.2 Å². The number of nitrogens with zero attached hydrogens (tertiary/aromatic N) is 4. The summed E-state index contributed by atoms with van der Waals surface area (Å²) in [6, 6.07) is 11.3. The molecule has 30 heavy (non-hydrogen) atoms. The summed E-state index contributed by atoms with van der Waals surface area (Å²) in [6.07, 6.45) is 4.21. The number of pyridine rings is 1. The molecule has 7 nitrogen and oxygen atoms in total. The maximum atomic E-state index is 12.8. The predicted octanol–water partition coefficient (Wildman–Crippen LogP) is 3.88. The fourth-order valence-corrected chi connectivity index (χ4v) is 3.78. The first-order chi connectivity index (χ1) is 14.6. The zero-order valence-corrected chi connectivity index (χ0v) is 17.6. The standard InChI is InChI=1S/C22H24ClN5O2/c1-2-19-26-20(27-30-19)18-6-3-11-24-21(18)28-12-4-5-16(14-28)22(29)25-13-15-7-9-17(23)10-8-15/h3,6-11,16H,2,4-5,12-14H2,1H3,(H,25,29)/t16-/m1/s1. The van der Waals surface area contributed by atoms with Gasteiger partial charge in [-0.25, -0.2) is 4.98 Å². The van der Waals surface area contributed by atoms with Gasteiger partial charge in [0.2, 0.25) is 17.6 Å². The minimum absolute atomic E-state index is 0.0555. The Morgan fingerprint density at radius 2 is 2.13 bits per heavy atom. The smallest absolute Gasteiger partial charge is 0.226 e. The molecule has 1 saturated heterocycles. The Morgan fingerprint density at radius 1 is 1.30 bits per heavy atom. The summed E-state index contributed by atoms with van der Waals surface area (Å²) in [5.41, 5.74) is 1.85. The Kier molecular flexibility index (Phi) is 6.28. The first-order valence-electron chi connectivity index (χ1n) is 10.2. The van der Waals surface area contributed by atoms with E-state index in [1.807, 2.05) is 43.3 Å². The molecule has 2 aromatic heterocycles. The Bertz CT molecular complexity index is 1000. The molecule has 0 radical (unpaired) electrons. The zero-order valence-electron chi connectivity index (χ0n) is 16.8. The molecule has 0 bridgehead atoms. The molecule has 0 saturated carbocycles.